The van der Waals surface area contributed by atoms with Crippen LogP contribution in [0.4, 0.5) is 13.9 Å². The molecule has 0 spiro atoms. The number of rotatable bonds is 6. The van der Waals surface area contributed by atoms with Gasteiger partial charge in [0.15, 0.2) is 5.13 Å². The van der Waals surface area contributed by atoms with Gasteiger partial charge in [0.2, 0.25) is 0 Å². The number of halogens is 2. The van der Waals surface area contributed by atoms with Gasteiger partial charge in [-0.15, -0.1) is 11.3 Å². The first kappa shape index (κ1) is 19.7. The standard InChI is InChI=1S/C21H16F2N4O2S/c1-13-18(14-4-8-17(9-5-14)29-20(22)23)25-21(30-13)26-19(28)15-2-6-16(7-3-15)27-11-10-24-12-27/h2-12,20H,1H3,(H,25,26,28). The number of carbonyl (C=O) groups is 1. The number of aromatic nitrogens is 3. The molecule has 2 heterocycles. The average molecular weight is 426 g/mol. The Balaban J connectivity index is 1.47. The maximum Gasteiger partial charge on any atom is 0.387 e. The van der Waals surface area contributed by atoms with Gasteiger partial charge in [0.1, 0.15) is 5.75 Å². The fraction of sp³-hybridized carbons (Fsp3) is 0.0952. The summed E-state index contributed by atoms with van der Waals surface area (Å²) >= 11 is 1.34. The number of thiazole rings is 1. The molecule has 30 heavy (non-hydrogen) atoms. The van der Waals surface area contributed by atoms with E-state index in [0.29, 0.717) is 16.4 Å². The summed E-state index contributed by atoms with van der Waals surface area (Å²) in [6.07, 6.45) is 5.19. The molecule has 0 aliphatic carbocycles. The minimum atomic E-state index is -2.87. The number of ether oxygens (including phenoxy) is 1. The highest BCUT2D eigenvalue weighted by molar-refractivity contribution is 7.16. The lowest BCUT2D eigenvalue weighted by Gasteiger charge is -2.05. The second-order valence-corrected chi connectivity index (χ2v) is 7.50. The molecule has 4 rings (SSSR count). The first-order chi connectivity index (χ1) is 14.5. The third-order valence-electron chi connectivity index (χ3n) is 4.30. The second kappa shape index (κ2) is 8.42. The highest BCUT2D eigenvalue weighted by Crippen LogP contribution is 2.31. The molecule has 0 atom stereocenters. The van der Waals surface area contributed by atoms with Crippen molar-refractivity contribution in [2.24, 2.45) is 0 Å². The Morgan fingerprint density at radius 1 is 1.13 bits per heavy atom. The Kier molecular flexibility index (Phi) is 5.53. The molecule has 4 aromatic rings. The summed E-state index contributed by atoms with van der Waals surface area (Å²) in [5.41, 5.74) is 2.82. The highest BCUT2D eigenvalue weighted by atomic mass is 32.1. The van der Waals surface area contributed by atoms with Gasteiger partial charge < -0.3 is 9.30 Å². The smallest absolute Gasteiger partial charge is 0.387 e. The fourth-order valence-corrected chi connectivity index (χ4v) is 3.71. The summed E-state index contributed by atoms with van der Waals surface area (Å²) in [7, 11) is 0. The van der Waals surface area contributed by atoms with E-state index < -0.39 is 6.61 Å². The minimum absolute atomic E-state index is 0.0781. The van der Waals surface area contributed by atoms with Crippen molar-refractivity contribution in [1.29, 1.82) is 0 Å². The van der Waals surface area contributed by atoms with Crippen molar-refractivity contribution in [2.75, 3.05) is 5.32 Å². The van der Waals surface area contributed by atoms with Crippen molar-refractivity contribution in [3.8, 4) is 22.7 Å². The number of hydrogen-bond donors (Lipinski definition) is 1. The molecule has 0 aliphatic heterocycles. The van der Waals surface area contributed by atoms with E-state index in [9.17, 15) is 13.6 Å². The first-order valence-corrected chi connectivity index (χ1v) is 9.73. The monoisotopic (exact) mass is 426 g/mol. The van der Waals surface area contributed by atoms with Crippen LogP contribution in [0.2, 0.25) is 0 Å². The predicted octanol–water partition coefficient (Wildman–Crippen LogP) is 5.16. The maximum atomic E-state index is 12.6. The van der Waals surface area contributed by atoms with Crippen LogP contribution < -0.4 is 10.1 Å². The van der Waals surface area contributed by atoms with Gasteiger partial charge in [-0.2, -0.15) is 8.78 Å². The maximum absolute atomic E-state index is 12.6. The van der Waals surface area contributed by atoms with Crippen LogP contribution >= 0.6 is 11.3 Å². The normalized spacial score (nSPS) is 10.9. The quantitative estimate of drug-likeness (QED) is 0.463. The van der Waals surface area contributed by atoms with Crippen molar-refractivity contribution in [1.82, 2.24) is 14.5 Å². The summed E-state index contributed by atoms with van der Waals surface area (Å²) in [5.74, 6) is -0.192. The van der Waals surface area contributed by atoms with E-state index in [1.807, 2.05) is 29.8 Å². The molecule has 2 aromatic carbocycles. The van der Waals surface area contributed by atoms with Gasteiger partial charge in [-0.1, -0.05) is 0 Å². The topological polar surface area (TPSA) is 69.0 Å². The number of hydrogen-bond acceptors (Lipinski definition) is 5. The van der Waals surface area contributed by atoms with Crippen LogP contribution in [-0.2, 0) is 0 Å². The Labute approximate surface area is 174 Å². The number of anilines is 1. The number of aryl methyl sites for hydroxylation is 1. The molecule has 0 fully saturated rings. The molecule has 9 heteroatoms. The summed E-state index contributed by atoms with van der Waals surface area (Å²) in [6, 6.07) is 13.3. The van der Waals surface area contributed by atoms with Crippen molar-refractivity contribution in [3.63, 3.8) is 0 Å². The number of nitrogens with zero attached hydrogens (tertiary/aromatic N) is 3. The van der Waals surface area contributed by atoms with Gasteiger partial charge in [-0.25, -0.2) is 9.97 Å². The Morgan fingerprint density at radius 2 is 1.87 bits per heavy atom. The lowest BCUT2D eigenvalue weighted by Crippen LogP contribution is -2.11. The Morgan fingerprint density at radius 3 is 2.50 bits per heavy atom. The van der Waals surface area contributed by atoms with Crippen LogP contribution in [0.1, 0.15) is 15.2 Å². The minimum Gasteiger partial charge on any atom is -0.435 e. The molecule has 0 radical (unpaired) electrons. The van der Waals surface area contributed by atoms with E-state index in [1.165, 1.54) is 23.5 Å². The fourth-order valence-electron chi connectivity index (χ4n) is 2.88. The van der Waals surface area contributed by atoms with Crippen LogP contribution in [0.25, 0.3) is 16.9 Å². The van der Waals surface area contributed by atoms with E-state index in [0.717, 1.165) is 16.1 Å². The van der Waals surface area contributed by atoms with Gasteiger partial charge in [0.05, 0.1) is 12.0 Å². The van der Waals surface area contributed by atoms with Crippen molar-refractivity contribution in [2.45, 2.75) is 13.5 Å². The van der Waals surface area contributed by atoms with Crippen LogP contribution in [0.5, 0.6) is 5.75 Å². The van der Waals surface area contributed by atoms with Gasteiger partial charge in [0, 0.05) is 34.1 Å². The van der Waals surface area contributed by atoms with E-state index in [-0.39, 0.29) is 11.7 Å². The third-order valence-corrected chi connectivity index (χ3v) is 5.19. The predicted molar refractivity (Wildman–Crippen MR) is 110 cm³/mol. The molecule has 0 aliphatic rings. The molecule has 0 saturated heterocycles. The Hall–Kier alpha value is -3.59. The molecule has 0 saturated carbocycles. The lowest BCUT2D eigenvalue weighted by atomic mass is 10.1. The molecule has 1 N–H and O–H groups in total. The number of carbonyl (C=O) groups excluding carboxylic acids is 1. The molecule has 0 unspecified atom stereocenters. The van der Waals surface area contributed by atoms with Gasteiger partial charge in [-0.3, -0.25) is 10.1 Å². The molecule has 6 nitrogen and oxygen atoms in total. The number of benzene rings is 2. The van der Waals surface area contributed by atoms with E-state index >= 15 is 0 Å². The highest BCUT2D eigenvalue weighted by Gasteiger charge is 2.14. The SMILES string of the molecule is Cc1sc(NC(=O)c2ccc(-n3ccnc3)cc2)nc1-c1ccc(OC(F)F)cc1. The summed E-state index contributed by atoms with van der Waals surface area (Å²) in [6.45, 7) is -0.987. The molecular formula is C21H16F2N4O2S. The molecule has 2 aromatic heterocycles. The van der Waals surface area contributed by atoms with Crippen molar-refractivity contribution < 1.29 is 18.3 Å². The average Bonchev–Trinajstić information content (AvgIpc) is 3.38. The molecule has 0 bridgehead atoms. The number of imidazole rings is 1. The number of amides is 1. The van der Waals surface area contributed by atoms with E-state index in [1.54, 1.807) is 36.8 Å². The van der Waals surface area contributed by atoms with Gasteiger partial charge in [-0.05, 0) is 55.5 Å². The third kappa shape index (κ3) is 4.36. The summed E-state index contributed by atoms with van der Waals surface area (Å²) in [4.78, 5) is 21.9. The van der Waals surface area contributed by atoms with Crippen LogP contribution in [-0.4, -0.2) is 27.1 Å². The number of nitrogens with one attached hydrogen (secondary N) is 1. The number of alkyl halides is 2. The van der Waals surface area contributed by atoms with Crippen LogP contribution in [0.3, 0.4) is 0 Å². The molecular weight excluding hydrogens is 410 g/mol. The Bertz CT molecular complexity index is 1140. The zero-order valence-electron chi connectivity index (χ0n) is 15.8. The van der Waals surface area contributed by atoms with Crippen molar-refractivity contribution >= 4 is 22.4 Å². The second-order valence-electron chi connectivity index (χ2n) is 6.30. The largest absolute Gasteiger partial charge is 0.435 e. The molecule has 1 amide bonds. The zero-order valence-corrected chi connectivity index (χ0v) is 16.6. The van der Waals surface area contributed by atoms with Crippen LogP contribution in [0, 0.1) is 6.92 Å². The van der Waals surface area contributed by atoms with Gasteiger partial charge >= 0.3 is 6.61 Å². The van der Waals surface area contributed by atoms with Crippen LogP contribution in [0.15, 0.2) is 67.3 Å². The lowest BCUT2D eigenvalue weighted by molar-refractivity contribution is -0.0498. The van der Waals surface area contributed by atoms with E-state index in [4.69, 9.17) is 0 Å². The molecule has 152 valence electrons. The summed E-state index contributed by atoms with van der Waals surface area (Å²) < 4.78 is 30.8. The zero-order chi connectivity index (χ0) is 21.1. The van der Waals surface area contributed by atoms with E-state index in [2.05, 4.69) is 20.0 Å². The summed E-state index contributed by atoms with van der Waals surface area (Å²) in [5, 5.41) is 3.26. The first-order valence-electron chi connectivity index (χ1n) is 8.92. The van der Waals surface area contributed by atoms with Crippen molar-refractivity contribution in [3.05, 3.63) is 77.7 Å². The van der Waals surface area contributed by atoms with Gasteiger partial charge in [0.25, 0.3) is 5.91 Å².